The van der Waals surface area contributed by atoms with Gasteiger partial charge in [-0.3, -0.25) is 14.7 Å². The zero-order valence-corrected chi connectivity index (χ0v) is 23.4. The number of pyridine rings is 1. The molecule has 2 fully saturated rings. The Hall–Kier alpha value is -3.79. The molecular formula is C30H35FN6O3. The van der Waals surface area contributed by atoms with Gasteiger partial charge in [-0.2, -0.15) is 0 Å². The van der Waals surface area contributed by atoms with Crippen LogP contribution in [0.5, 0.6) is 17.2 Å². The van der Waals surface area contributed by atoms with Crippen molar-refractivity contribution in [2.45, 2.75) is 58.8 Å². The largest absolute Gasteiger partial charge is 0.490 e. The smallest absolute Gasteiger partial charge is 0.257 e. The van der Waals surface area contributed by atoms with Crippen LogP contribution in [0.3, 0.4) is 0 Å². The number of aromatic nitrogens is 3. The highest BCUT2D eigenvalue weighted by molar-refractivity contribution is 5.97. The molecule has 2 aromatic heterocycles. The van der Waals surface area contributed by atoms with E-state index < -0.39 is 5.82 Å². The lowest BCUT2D eigenvalue weighted by atomic mass is 9.61. The zero-order chi connectivity index (χ0) is 28.0. The third-order valence-electron chi connectivity index (χ3n) is 8.19. The molecule has 10 heteroatoms. The summed E-state index contributed by atoms with van der Waals surface area (Å²) < 4.78 is 26.8. The number of benzene rings is 1. The van der Waals surface area contributed by atoms with Crippen LogP contribution in [0.4, 0.5) is 10.2 Å². The molecule has 0 N–H and O–H groups in total. The molecule has 2 aliphatic heterocycles. The van der Waals surface area contributed by atoms with Crippen LogP contribution in [0.1, 0.15) is 55.2 Å². The summed E-state index contributed by atoms with van der Waals surface area (Å²) in [4.78, 5) is 32.5. The lowest BCUT2D eigenvalue weighted by Crippen LogP contribution is -2.65. The minimum atomic E-state index is -0.491. The number of rotatable bonds is 8. The van der Waals surface area contributed by atoms with Crippen LogP contribution in [-0.2, 0) is 13.1 Å². The van der Waals surface area contributed by atoms with Crippen LogP contribution in [0.15, 0.2) is 43.0 Å². The lowest BCUT2D eigenvalue weighted by Gasteiger charge is -2.58. The normalized spacial score (nSPS) is 17.9. The molecule has 1 saturated heterocycles. The van der Waals surface area contributed by atoms with Gasteiger partial charge in [0.1, 0.15) is 29.7 Å². The Bertz CT molecular complexity index is 1420. The maximum absolute atomic E-state index is 14.2. The average molecular weight is 547 g/mol. The zero-order valence-electron chi connectivity index (χ0n) is 23.4. The van der Waals surface area contributed by atoms with Crippen molar-refractivity contribution in [2.75, 3.05) is 31.6 Å². The number of fused-ring (bicyclic) bond motifs is 1. The number of anilines is 1. The van der Waals surface area contributed by atoms with Crippen molar-refractivity contribution in [2.24, 2.45) is 5.41 Å². The molecule has 0 bridgehead atoms. The molecule has 0 atom stereocenters. The van der Waals surface area contributed by atoms with E-state index >= 15 is 0 Å². The first-order valence-corrected chi connectivity index (χ1v) is 13.9. The van der Waals surface area contributed by atoms with E-state index in [0.717, 1.165) is 50.5 Å². The van der Waals surface area contributed by atoms with Gasteiger partial charge in [0.2, 0.25) is 0 Å². The average Bonchev–Trinajstić information content (AvgIpc) is 3.27. The summed E-state index contributed by atoms with van der Waals surface area (Å²) in [5.41, 5.74) is 2.68. The van der Waals surface area contributed by atoms with E-state index in [0.29, 0.717) is 18.1 Å². The summed E-state index contributed by atoms with van der Waals surface area (Å²) in [5, 5.41) is 0. The Labute approximate surface area is 233 Å². The number of carbonyl (C=O) groups excluding carboxylic acids is 1. The van der Waals surface area contributed by atoms with Crippen molar-refractivity contribution < 1.29 is 18.7 Å². The van der Waals surface area contributed by atoms with Crippen molar-refractivity contribution in [3.8, 4) is 17.2 Å². The van der Waals surface area contributed by atoms with Crippen molar-refractivity contribution in [1.82, 2.24) is 24.8 Å². The number of nitrogens with zero attached hydrogens (tertiary/aromatic N) is 6. The fraction of sp³-hybridized carbons (Fsp3) is 0.467. The Balaban J connectivity index is 1.13. The molecule has 3 aromatic rings. The maximum atomic E-state index is 14.2. The van der Waals surface area contributed by atoms with Crippen LogP contribution in [-0.4, -0.2) is 69.5 Å². The third-order valence-corrected chi connectivity index (χ3v) is 8.19. The second-order valence-electron chi connectivity index (χ2n) is 11.5. The highest BCUT2D eigenvalue weighted by Crippen LogP contribution is 2.52. The second-order valence-corrected chi connectivity index (χ2v) is 11.5. The predicted octanol–water partition coefficient (Wildman–Crippen LogP) is 4.67. The highest BCUT2D eigenvalue weighted by atomic mass is 19.1. The number of halogens is 1. The van der Waals surface area contributed by atoms with Gasteiger partial charge in [-0.05, 0) is 64.9 Å². The second kappa shape index (κ2) is 10.3. The van der Waals surface area contributed by atoms with Gasteiger partial charge in [0, 0.05) is 55.9 Å². The van der Waals surface area contributed by atoms with Crippen LogP contribution in [0, 0.1) is 11.2 Å². The Morgan fingerprint density at radius 1 is 1.15 bits per heavy atom. The lowest BCUT2D eigenvalue weighted by molar-refractivity contribution is -0.0349. The van der Waals surface area contributed by atoms with Gasteiger partial charge in [0.15, 0.2) is 11.6 Å². The van der Waals surface area contributed by atoms with E-state index in [1.165, 1.54) is 30.1 Å². The Kier molecular flexibility index (Phi) is 6.82. The first-order chi connectivity index (χ1) is 19.2. The van der Waals surface area contributed by atoms with Crippen LogP contribution in [0.2, 0.25) is 0 Å². The van der Waals surface area contributed by atoms with Gasteiger partial charge in [0.05, 0.1) is 17.5 Å². The number of amides is 1. The maximum Gasteiger partial charge on any atom is 0.257 e. The topological polar surface area (TPSA) is 83.9 Å². The molecule has 1 aliphatic carbocycles. The van der Waals surface area contributed by atoms with Crippen molar-refractivity contribution in [3.05, 3.63) is 65.6 Å². The summed E-state index contributed by atoms with van der Waals surface area (Å²) in [5.74, 6) is 1.58. The standard InChI is InChI=1S/C30H35FN6O3/c1-5-37(19(2)3)29(38)22-10-20(31)6-7-25(22)40-27-13-32-18-34-28(27)36-16-30(17-36)11-21(12-30)39-26-8-9-33-24-15-35(4)14-23(24)26/h6-10,13,18-19,21H,5,11-12,14-17H2,1-4H3. The Morgan fingerprint density at radius 2 is 1.95 bits per heavy atom. The summed E-state index contributed by atoms with van der Waals surface area (Å²) in [6, 6.07) is 5.97. The molecule has 0 radical (unpaired) electrons. The number of hydrogen-bond acceptors (Lipinski definition) is 8. The molecule has 9 nitrogen and oxygen atoms in total. The SMILES string of the molecule is CCN(C(=O)c1cc(F)ccc1Oc1cncnc1N1CC2(CC(Oc3ccnc4c3CN(C)C4)C2)C1)C(C)C. The van der Waals surface area contributed by atoms with E-state index in [2.05, 4.69) is 31.8 Å². The number of carbonyl (C=O) groups is 1. The summed E-state index contributed by atoms with van der Waals surface area (Å²) in [6.45, 7) is 9.68. The first kappa shape index (κ1) is 26.4. The molecule has 1 aromatic carbocycles. The molecule has 0 unspecified atom stereocenters. The molecule has 6 rings (SSSR count). The van der Waals surface area contributed by atoms with Gasteiger partial charge < -0.3 is 19.3 Å². The monoisotopic (exact) mass is 546 g/mol. The minimum absolute atomic E-state index is 0.0300. The Morgan fingerprint density at radius 3 is 2.70 bits per heavy atom. The van der Waals surface area contributed by atoms with E-state index in [1.807, 2.05) is 33.0 Å². The van der Waals surface area contributed by atoms with Crippen LogP contribution in [0.25, 0.3) is 0 Å². The molecule has 1 amide bonds. The van der Waals surface area contributed by atoms with Crippen molar-refractivity contribution in [1.29, 1.82) is 0 Å². The van der Waals surface area contributed by atoms with Crippen molar-refractivity contribution in [3.63, 3.8) is 0 Å². The van der Waals surface area contributed by atoms with Crippen LogP contribution < -0.4 is 14.4 Å². The molecular weight excluding hydrogens is 511 g/mol. The predicted molar refractivity (Wildman–Crippen MR) is 148 cm³/mol. The van der Waals surface area contributed by atoms with E-state index in [-0.39, 0.29) is 34.8 Å². The quantitative estimate of drug-likeness (QED) is 0.403. The minimum Gasteiger partial charge on any atom is -0.490 e. The number of ether oxygens (including phenoxy) is 2. The number of hydrogen-bond donors (Lipinski definition) is 0. The van der Waals surface area contributed by atoms with Gasteiger partial charge in [-0.25, -0.2) is 14.4 Å². The fourth-order valence-corrected chi connectivity index (χ4v) is 6.25. The third kappa shape index (κ3) is 4.85. The molecule has 210 valence electrons. The molecule has 40 heavy (non-hydrogen) atoms. The van der Waals surface area contributed by atoms with E-state index in [9.17, 15) is 9.18 Å². The fourth-order valence-electron chi connectivity index (χ4n) is 6.25. The van der Waals surface area contributed by atoms with Crippen molar-refractivity contribution >= 4 is 11.7 Å². The van der Waals surface area contributed by atoms with Crippen LogP contribution >= 0.6 is 0 Å². The van der Waals surface area contributed by atoms with Gasteiger partial charge in [0.25, 0.3) is 5.91 Å². The first-order valence-electron chi connectivity index (χ1n) is 13.9. The molecule has 3 aliphatic rings. The van der Waals surface area contributed by atoms with Gasteiger partial charge in [-0.15, -0.1) is 0 Å². The molecule has 1 spiro atoms. The molecule has 4 heterocycles. The highest BCUT2D eigenvalue weighted by Gasteiger charge is 2.54. The van der Waals surface area contributed by atoms with E-state index in [4.69, 9.17) is 9.47 Å². The molecule has 1 saturated carbocycles. The van der Waals surface area contributed by atoms with Gasteiger partial charge in [-0.1, -0.05) is 0 Å². The van der Waals surface area contributed by atoms with Gasteiger partial charge >= 0.3 is 0 Å². The summed E-state index contributed by atoms with van der Waals surface area (Å²) in [6.07, 6.45) is 7.09. The summed E-state index contributed by atoms with van der Waals surface area (Å²) >= 11 is 0. The van der Waals surface area contributed by atoms with E-state index in [1.54, 1.807) is 11.1 Å². The summed E-state index contributed by atoms with van der Waals surface area (Å²) in [7, 11) is 2.10.